The van der Waals surface area contributed by atoms with Gasteiger partial charge in [-0.25, -0.2) is 0 Å². The Hall–Kier alpha value is -2.81. The van der Waals surface area contributed by atoms with E-state index in [1.54, 1.807) is 0 Å². The third kappa shape index (κ3) is 3.64. The van der Waals surface area contributed by atoms with Crippen LogP contribution in [0.15, 0.2) is 51.6 Å². The molecule has 0 heterocycles. The quantitative estimate of drug-likeness (QED) is 0.385. The van der Waals surface area contributed by atoms with Crippen molar-refractivity contribution in [2.45, 2.75) is 100 Å². The number of aryl methyl sites for hydroxylation is 1. The lowest BCUT2D eigenvalue weighted by molar-refractivity contribution is -0.134. The maximum Gasteiger partial charge on any atom is 0.190 e. The van der Waals surface area contributed by atoms with E-state index in [0.29, 0.717) is 12.0 Å². The number of hydrogen-bond donors (Lipinski definition) is 0. The first-order valence-electron chi connectivity index (χ1n) is 14.3. The Bertz CT molecular complexity index is 1430. The van der Waals surface area contributed by atoms with Crippen LogP contribution in [0.1, 0.15) is 114 Å². The molecule has 0 saturated heterocycles. The van der Waals surface area contributed by atoms with Crippen molar-refractivity contribution in [3.05, 3.63) is 73.9 Å². The zero-order chi connectivity index (χ0) is 27.8. The van der Waals surface area contributed by atoms with Gasteiger partial charge in [-0.1, -0.05) is 49.3 Å². The molecule has 0 radical (unpaired) electrons. The largest absolute Gasteiger partial charge is 0.294 e. The molecule has 4 aliphatic carbocycles. The summed E-state index contributed by atoms with van der Waals surface area (Å²) in [6.45, 7) is 16.1. The van der Waals surface area contributed by atoms with Crippen LogP contribution in [0.2, 0.25) is 0 Å². The minimum atomic E-state index is -0.870. The van der Waals surface area contributed by atoms with Gasteiger partial charge < -0.3 is 0 Å². The summed E-state index contributed by atoms with van der Waals surface area (Å²) in [7, 11) is 0. The van der Waals surface area contributed by atoms with Crippen molar-refractivity contribution >= 4 is 23.4 Å². The number of hydrogen-bond acceptors (Lipinski definition) is 3. The summed E-state index contributed by atoms with van der Waals surface area (Å²) >= 11 is 0. The first kappa shape index (κ1) is 26.8. The predicted molar refractivity (Wildman–Crippen MR) is 154 cm³/mol. The fraction of sp³-hybridized carbons (Fsp3) is 0.514. The van der Waals surface area contributed by atoms with E-state index < -0.39 is 5.41 Å². The summed E-state index contributed by atoms with van der Waals surface area (Å²) in [6.07, 6.45) is 11.7. The number of benzene rings is 1. The van der Waals surface area contributed by atoms with Crippen LogP contribution in [0.4, 0.5) is 0 Å². The molecule has 5 rings (SSSR count). The molecule has 0 aliphatic heterocycles. The number of carbonyl (C=O) groups excluding carboxylic acids is 3. The highest BCUT2D eigenvalue weighted by atomic mass is 16.2. The van der Waals surface area contributed by atoms with E-state index in [4.69, 9.17) is 0 Å². The standard InChI is InChI=1S/C35H42O3/c1-20-14-15-26(16-21(2)25-12-10-9-11-13-25)27-18-33(6)19-34(7)17-22(3)28(24(5)36)32(38)35(34,8)23(4)30(33)31(37)29(20)27/h12,14-16H,9-11,13,17-19H2,1-8H3. The van der Waals surface area contributed by atoms with E-state index in [9.17, 15) is 14.4 Å². The highest BCUT2D eigenvalue weighted by Gasteiger charge is 2.63. The molecule has 3 nitrogen and oxygen atoms in total. The summed E-state index contributed by atoms with van der Waals surface area (Å²) in [5.74, 6) is -0.204. The molecule has 3 heteroatoms. The molecule has 0 amide bonds. The second-order valence-electron chi connectivity index (χ2n) is 13.3. The molecule has 0 spiro atoms. The first-order chi connectivity index (χ1) is 17.7. The molecule has 0 N–H and O–H groups in total. The fourth-order valence-corrected chi connectivity index (χ4v) is 8.60. The van der Waals surface area contributed by atoms with Crippen molar-refractivity contribution in [1.29, 1.82) is 0 Å². The number of Topliss-reactive ketones (excluding diaryl/α,β-unsaturated/α-hetero) is 3. The van der Waals surface area contributed by atoms with Gasteiger partial charge in [-0.3, -0.25) is 14.4 Å². The van der Waals surface area contributed by atoms with E-state index in [1.807, 2.05) is 27.7 Å². The Morgan fingerprint density at radius 1 is 0.974 bits per heavy atom. The highest BCUT2D eigenvalue weighted by Crippen LogP contribution is 2.66. The molecule has 3 atom stereocenters. The van der Waals surface area contributed by atoms with E-state index >= 15 is 0 Å². The topological polar surface area (TPSA) is 51.2 Å². The summed E-state index contributed by atoms with van der Waals surface area (Å²) in [5.41, 5.74) is 8.12. The third-order valence-electron chi connectivity index (χ3n) is 10.6. The molecule has 1 aromatic rings. The summed E-state index contributed by atoms with van der Waals surface area (Å²) in [5, 5.41) is 0. The first-order valence-corrected chi connectivity index (χ1v) is 14.3. The molecule has 0 saturated carbocycles. The van der Waals surface area contributed by atoms with Crippen molar-refractivity contribution in [2.75, 3.05) is 0 Å². The van der Waals surface area contributed by atoms with Crippen molar-refractivity contribution in [1.82, 2.24) is 0 Å². The lowest BCUT2D eigenvalue weighted by Gasteiger charge is -2.59. The smallest absolute Gasteiger partial charge is 0.190 e. The van der Waals surface area contributed by atoms with Gasteiger partial charge in [-0.15, -0.1) is 0 Å². The fourth-order valence-electron chi connectivity index (χ4n) is 8.60. The monoisotopic (exact) mass is 510 g/mol. The number of ketones is 3. The molecule has 1 aromatic carbocycles. The maximum atomic E-state index is 14.5. The summed E-state index contributed by atoms with van der Waals surface area (Å²) in [6, 6.07) is 4.26. The van der Waals surface area contributed by atoms with Crippen LogP contribution in [-0.4, -0.2) is 17.3 Å². The predicted octanol–water partition coefficient (Wildman–Crippen LogP) is 8.25. The lowest BCUT2D eigenvalue weighted by atomic mass is 9.42. The van der Waals surface area contributed by atoms with E-state index in [-0.39, 0.29) is 28.2 Å². The van der Waals surface area contributed by atoms with Gasteiger partial charge in [0.25, 0.3) is 0 Å². The van der Waals surface area contributed by atoms with Crippen LogP contribution in [0.3, 0.4) is 0 Å². The molecular formula is C35H42O3. The van der Waals surface area contributed by atoms with Crippen LogP contribution in [0.25, 0.3) is 6.08 Å². The third-order valence-corrected chi connectivity index (χ3v) is 10.6. The highest BCUT2D eigenvalue weighted by molar-refractivity contribution is 6.24. The van der Waals surface area contributed by atoms with E-state index in [0.717, 1.165) is 64.7 Å². The Kier molecular flexibility index (Phi) is 6.25. The van der Waals surface area contributed by atoms with Crippen LogP contribution in [0.5, 0.6) is 0 Å². The van der Waals surface area contributed by atoms with Crippen LogP contribution >= 0.6 is 0 Å². The van der Waals surface area contributed by atoms with Crippen molar-refractivity contribution in [2.24, 2.45) is 16.2 Å². The lowest BCUT2D eigenvalue weighted by Crippen LogP contribution is -2.57. The molecule has 0 aromatic heterocycles. The van der Waals surface area contributed by atoms with Gasteiger partial charge in [0.2, 0.25) is 0 Å². The van der Waals surface area contributed by atoms with Gasteiger partial charge in [0.15, 0.2) is 17.3 Å². The van der Waals surface area contributed by atoms with Crippen molar-refractivity contribution in [3.63, 3.8) is 0 Å². The summed E-state index contributed by atoms with van der Waals surface area (Å²) < 4.78 is 0. The minimum absolute atomic E-state index is 0.0697. The Morgan fingerprint density at radius 3 is 2.32 bits per heavy atom. The Balaban J connectivity index is 1.70. The average Bonchev–Trinajstić information content (AvgIpc) is 2.83. The minimum Gasteiger partial charge on any atom is -0.294 e. The van der Waals surface area contributed by atoms with Gasteiger partial charge in [-0.2, -0.15) is 0 Å². The van der Waals surface area contributed by atoms with Crippen molar-refractivity contribution < 1.29 is 14.4 Å². The second kappa shape index (κ2) is 8.86. The van der Waals surface area contributed by atoms with Crippen LogP contribution in [-0.2, 0) is 16.0 Å². The molecule has 4 aliphatic rings. The Labute approximate surface area is 228 Å². The van der Waals surface area contributed by atoms with Gasteiger partial charge in [0.05, 0.1) is 11.0 Å². The van der Waals surface area contributed by atoms with Gasteiger partial charge >= 0.3 is 0 Å². The van der Waals surface area contributed by atoms with Gasteiger partial charge in [0.1, 0.15) is 0 Å². The molecular weight excluding hydrogens is 468 g/mol. The maximum absolute atomic E-state index is 14.5. The SMILES string of the molecule is CC(=O)C1=C(C)CC2(C)CC3(C)Cc4c(C=C(C)C5=CCCCC5)ccc(C)c4C(=O)C3=C(C)C2(C)C1=O. The van der Waals surface area contributed by atoms with E-state index in [1.165, 1.54) is 30.9 Å². The second-order valence-corrected chi connectivity index (χ2v) is 13.3. The molecule has 200 valence electrons. The number of allylic oxidation sites excluding steroid dienone is 7. The molecule has 0 fully saturated rings. The number of carbonyl (C=O) groups is 3. The molecule has 0 bridgehead atoms. The van der Waals surface area contributed by atoms with Crippen LogP contribution < -0.4 is 0 Å². The van der Waals surface area contributed by atoms with E-state index in [2.05, 4.69) is 45.1 Å². The molecule has 38 heavy (non-hydrogen) atoms. The zero-order valence-corrected chi connectivity index (χ0v) is 24.5. The van der Waals surface area contributed by atoms with Gasteiger partial charge in [0, 0.05) is 16.6 Å². The number of rotatable bonds is 3. The van der Waals surface area contributed by atoms with Crippen molar-refractivity contribution in [3.8, 4) is 0 Å². The molecule has 3 unspecified atom stereocenters. The van der Waals surface area contributed by atoms with Gasteiger partial charge in [-0.05, 0) is 120 Å². The van der Waals surface area contributed by atoms with Crippen LogP contribution in [0, 0.1) is 23.2 Å². The number of fused-ring (bicyclic) bond motifs is 3. The Morgan fingerprint density at radius 2 is 1.68 bits per heavy atom. The zero-order valence-electron chi connectivity index (χ0n) is 24.5. The summed E-state index contributed by atoms with van der Waals surface area (Å²) in [4.78, 5) is 41.0. The average molecular weight is 511 g/mol. The normalized spacial score (nSPS) is 31.6.